The molecule has 1 rings (SSSR count). The van der Waals surface area contributed by atoms with E-state index in [-0.39, 0.29) is 6.61 Å². The SMILES string of the molecule is CCOC(=O)[C@@H](N=[N+]=[N-])[C@H](N)CCCOCc1ccccc1. The van der Waals surface area contributed by atoms with Gasteiger partial charge in [-0.15, -0.1) is 0 Å². The van der Waals surface area contributed by atoms with Gasteiger partial charge in [-0.2, -0.15) is 0 Å². The predicted molar refractivity (Wildman–Crippen MR) is 82.9 cm³/mol. The topological polar surface area (TPSA) is 110 Å². The van der Waals surface area contributed by atoms with E-state index in [9.17, 15) is 4.79 Å². The summed E-state index contributed by atoms with van der Waals surface area (Å²) < 4.78 is 10.4. The first kappa shape index (κ1) is 18.0. The van der Waals surface area contributed by atoms with Gasteiger partial charge in [0.05, 0.1) is 13.2 Å². The van der Waals surface area contributed by atoms with Crippen LogP contribution in [-0.2, 0) is 20.9 Å². The molecule has 0 bridgehead atoms. The predicted octanol–water partition coefficient (Wildman–Crippen LogP) is 2.55. The largest absolute Gasteiger partial charge is 0.466 e. The lowest BCUT2D eigenvalue weighted by atomic mass is 10.1. The van der Waals surface area contributed by atoms with E-state index < -0.39 is 18.1 Å². The Kier molecular flexibility index (Phi) is 8.67. The van der Waals surface area contributed by atoms with Crippen LogP contribution < -0.4 is 5.73 Å². The smallest absolute Gasteiger partial charge is 0.316 e. The number of rotatable bonds is 10. The third-order valence-electron chi connectivity index (χ3n) is 3.05. The van der Waals surface area contributed by atoms with Crippen molar-refractivity contribution in [2.24, 2.45) is 10.8 Å². The van der Waals surface area contributed by atoms with Crippen LogP contribution >= 0.6 is 0 Å². The molecule has 0 radical (unpaired) electrons. The lowest BCUT2D eigenvalue weighted by molar-refractivity contribution is -0.145. The second-order valence-electron chi connectivity index (χ2n) is 4.75. The molecule has 0 aliphatic rings. The van der Waals surface area contributed by atoms with Crippen molar-refractivity contribution in [2.75, 3.05) is 13.2 Å². The van der Waals surface area contributed by atoms with E-state index in [4.69, 9.17) is 20.7 Å². The van der Waals surface area contributed by atoms with Gasteiger partial charge >= 0.3 is 5.97 Å². The van der Waals surface area contributed by atoms with Crippen LogP contribution in [0.15, 0.2) is 35.4 Å². The molecular formula is C15H22N4O3. The van der Waals surface area contributed by atoms with Gasteiger partial charge in [0.1, 0.15) is 6.04 Å². The van der Waals surface area contributed by atoms with Crippen molar-refractivity contribution in [3.05, 3.63) is 46.3 Å². The Morgan fingerprint density at radius 3 is 2.77 bits per heavy atom. The molecule has 7 heteroatoms. The highest BCUT2D eigenvalue weighted by Crippen LogP contribution is 2.08. The third kappa shape index (κ3) is 6.58. The zero-order chi connectivity index (χ0) is 16.2. The first-order valence-corrected chi connectivity index (χ1v) is 7.27. The van der Waals surface area contributed by atoms with E-state index in [1.54, 1.807) is 6.92 Å². The highest BCUT2D eigenvalue weighted by Gasteiger charge is 2.25. The van der Waals surface area contributed by atoms with E-state index in [1.807, 2.05) is 30.3 Å². The second-order valence-corrected chi connectivity index (χ2v) is 4.75. The third-order valence-corrected chi connectivity index (χ3v) is 3.05. The van der Waals surface area contributed by atoms with Crippen molar-refractivity contribution in [2.45, 2.75) is 38.5 Å². The highest BCUT2D eigenvalue weighted by atomic mass is 16.5. The van der Waals surface area contributed by atoms with Crippen LogP contribution in [-0.4, -0.2) is 31.3 Å². The zero-order valence-corrected chi connectivity index (χ0v) is 12.7. The number of nitrogens with two attached hydrogens (primary N) is 1. The van der Waals surface area contributed by atoms with Crippen LogP contribution in [0.1, 0.15) is 25.3 Å². The van der Waals surface area contributed by atoms with Crippen molar-refractivity contribution in [3.63, 3.8) is 0 Å². The van der Waals surface area contributed by atoms with Crippen LogP contribution in [0.4, 0.5) is 0 Å². The number of nitrogens with zero attached hydrogens (tertiary/aromatic N) is 3. The van der Waals surface area contributed by atoms with Crippen molar-refractivity contribution < 1.29 is 14.3 Å². The van der Waals surface area contributed by atoms with Crippen molar-refractivity contribution in [1.29, 1.82) is 0 Å². The first-order valence-electron chi connectivity index (χ1n) is 7.27. The Morgan fingerprint density at radius 2 is 2.14 bits per heavy atom. The fourth-order valence-corrected chi connectivity index (χ4v) is 1.93. The minimum atomic E-state index is -0.987. The molecule has 0 saturated carbocycles. The number of benzene rings is 1. The monoisotopic (exact) mass is 306 g/mol. The van der Waals surface area contributed by atoms with Crippen molar-refractivity contribution >= 4 is 5.97 Å². The number of ether oxygens (including phenoxy) is 2. The number of hydrogen-bond acceptors (Lipinski definition) is 5. The Labute approximate surface area is 130 Å². The maximum atomic E-state index is 11.7. The number of carbonyl (C=O) groups excluding carboxylic acids is 1. The molecule has 0 heterocycles. The summed E-state index contributed by atoms with van der Waals surface area (Å²) in [6.45, 7) is 2.97. The molecule has 2 atom stereocenters. The standard InChI is InChI=1S/C15H22N4O3/c1-2-22-15(20)14(18-19-17)13(16)9-6-10-21-11-12-7-4-3-5-8-12/h3-5,7-8,13-14H,2,6,9-11,16H2,1H3/t13-,14+/m1/s1. The summed E-state index contributed by atoms with van der Waals surface area (Å²) in [4.78, 5) is 14.3. The molecule has 0 aliphatic carbocycles. The maximum absolute atomic E-state index is 11.7. The fourth-order valence-electron chi connectivity index (χ4n) is 1.93. The molecule has 0 fully saturated rings. The van der Waals surface area contributed by atoms with Crippen molar-refractivity contribution in [1.82, 2.24) is 0 Å². The van der Waals surface area contributed by atoms with Crippen LogP contribution in [0.3, 0.4) is 0 Å². The maximum Gasteiger partial charge on any atom is 0.316 e. The van der Waals surface area contributed by atoms with E-state index in [2.05, 4.69) is 10.0 Å². The Balaban J connectivity index is 2.29. The van der Waals surface area contributed by atoms with Gasteiger partial charge in [0.15, 0.2) is 0 Å². The van der Waals surface area contributed by atoms with E-state index in [0.717, 1.165) is 5.56 Å². The lowest BCUT2D eigenvalue weighted by Crippen LogP contribution is -2.40. The molecule has 0 amide bonds. The Morgan fingerprint density at radius 1 is 1.41 bits per heavy atom. The van der Waals surface area contributed by atoms with Gasteiger partial charge in [-0.05, 0) is 30.9 Å². The molecule has 0 aliphatic heterocycles. The van der Waals surface area contributed by atoms with E-state index in [1.165, 1.54) is 0 Å². The van der Waals surface area contributed by atoms with Gasteiger partial charge in [-0.3, -0.25) is 4.79 Å². The molecule has 1 aromatic rings. The van der Waals surface area contributed by atoms with Gasteiger partial charge in [0.25, 0.3) is 0 Å². The second kappa shape index (κ2) is 10.6. The fraction of sp³-hybridized carbons (Fsp3) is 0.533. The summed E-state index contributed by atoms with van der Waals surface area (Å²) in [5.74, 6) is -0.585. The summed E-state index contributed by atoms with van der Waals surface area (Å²) in [6, 6.07) is 8.29. The van der Waals surface area contributed by atoms with Gasteiger partial charge in [-0.25, -0.2) is 0 Å². The Bertz CT molecular complexity index is 489. The summed E-state index contributed by atoms with van der Waals surface area (Å²) in [7, 11) is 0. The van der Waals surface area contributed by atoms with Crippen LogP contribution in [0.5, 0.6) is 0 Å². The molecule has 22 heavy (non-hydrogen) atoms. The number of esters is 1. The van der Waals surface area contributed by atoms with E-state index in [0.29, 0.717) is 26.1 Å². The van der Waals surface area contributed by atoms with Gasteiger partial charge in [0, 0.05) is 17.6 Å². The molecule has 0 aromatic heterocycles. The molecule has 7 nitrogen and oxygen atoms in total. The average Bonchev–Trinajstić information content (AvgIpc) is 2.53. The van der Waals surface area contributed by atoms with E-state index >= 15 is 0 Å². The summed E-state index contributed by atoms with van der Waals surface area (Å²) in [6.07, 6.45) is 1.18. The molecule has 0 unspecified atom stereocenters. The summed E-state index contributed by atoms with van der Waals surface area (Å²) in [5.41, 5.74) is 15.5. The number of carbonyl (C=O) groups is 1. The van der Waals surface area contributed by atoms with Gasteiger partial charge in [-0.1, -0.05) is 35.4 Å². The minimum Gasteiger partial charge on any atom is -0.466 e. The molecule has 0 saturated heterocycles. The highest BCUT2D eigenvalue weighted by molar-refractivity contribution is 5.76. The summed E-state index contributed by atoms with van der Waals surface area (Å²) in [5, 5.41) is 3.43. The minimum absolute atomic E-state index is 0.225. The Hall–Kier alpha value is -2.08. The van der Waals surface area contributed by atoms with Crippen LogP contribution in [0.2, 0.25) is 0 Å². The molecule has 120 valence electrons. The first-order chi connectivity index (χ1) is 10.7. The van der Waals surface area contributed by atoms with Gasteiger partial charge < -0.3 is 15.2 Å². The average molecular weight is 306 g/mol. The quantitative estimate of drug-likeness (QED) is 0.235. The molecular weight excluding hydrogens is 284 g/mol. The number of azide groups is 1. The van der Waals surface area contributed by atoms with Crippen molar-refractivity contribution in [3.8, 4) is 0 Å². The summed E-state index contributed by atoms with van der Waals surface area (Å²) >= 11 is 0. The molecule has 0 spiro atoms. The van der Waals surface area contributed by atoms with Crippen LogP contribution in [0, 0.1) is 0 Å². The molecule has 1 aromatic carbocycles. The van der Waals surface area contributed by atoms with Crippen LogP contribution in [0.25, 0.3) is 10.4 Å². The van der Waals surface area contributed by atoms with Gasteiger partial charge in [0.2, 0.25) is 0 Å². The normalized spacial score (nSPS) is 13.0. The molecule has 2 N–H and O–H groups in total. The number of hydrogen-bond donors (Lipinski definition) is 1. The zero-order valence-electron chi connectivity index (χ0n) is 12.7. The lowest BCUT2D eigenvalue weighted by Gasteiger charge is -2.17.